The molecule has 1 unspecified atom stereocenters. The maximum Gasteiger partial charge on any atom is 0.253 e. The number of likely N-dealkylation sites (N-methyl/N-ethyl adjacent to an activating group) is 1. The van der Waals surface area contributed by atoms with Crippen LogP contribution in [0.15, 0.2) is 73.2 Å². The molecule has 1 amide bonds. The molecule has 7 nitrogen and oxygen atoms in total. The Morgan fingerprint density at radius 1 is 1.03 bits per heavy atom. The second kappa shape index (κ2) is 8.74. The number of carbonyl (C=O) groups excluding carboxylic acids is 1. The van der Waals surface area contributed by atoms with Crippen LogP contribution < -0.4 is 5.32 Å². The molecule has 2 aliphatic rings. The smallest absolute Gasteiger partial charge is 0.253 e. The van der Waals surface area contributed by atoms with Crippen molar-refractivity contribution < 1.29 is 9.53 Å². The van der Waals surface area contributed by atoms with Gasteiger partial charge in [-0.3, -0.25) is 14.4 Å². The van der Waals surface area contributed by atoms with Crippen LogP contribution in [0.25, 0.3) is 16.6 Å². The number of para-hydroxylation sites is 1. The van der Waals surface area contributed by atoms with E-state index in [1.807, 2.05) is 59.7 Å². The summed E-state index contributed by atoms with van der Waals surface area (Å²) in [6.07, 6.45) is 7.67. The largest absolute Gasteiger partial charge is 0.378 e. The second-order valence-corrected chi connectivity index (χ2v) is 9.46. The van der Waals surface area contributed by atoms with Crippen LogP contribution in [0.2, 0.25) is 0 Å². The molecule has 2 aromatic carbocycles. The van der Waals surface area contributed by atoms with E-state index >= 15 is 0 Å². The average Bonchev–Trinajstić information content (AvgIpc) is 3.45. The Bertz CT molecular complexity index is 1300. The van der Waals surface area contributed by atoms with E-state index in [4.69, 9.17) is 4.74 Å². The van der Waals surface area contributed by atoms with Crippen LogP contribution in [-0.4, -0.2) is 63.5 Å². The van der Waals surface area contributed by atoms with Gasteiger partial charge in [-0.05, 0) is 31.5 Å². The first-order valence-electron chi connectivity index (χ1n) is 11.9. The van der Waals surface area contributed by atoms with Crippen molar-refractivity contribution in [1.29, 1.82) is 0 Å². The first-order chi connectivity index (χ1) is 16.7. The van der Waals surface area contributed by atoms with Crippen molar-refractivity contribution in [2.24, 2.45) is 0 Å². The fourth-order valence-electron chi connectivity index (χ4n) is 5.38. The second-order valence-electron chi connectivity index (χ2n) is 9.46. The monoisotopic (exact) mass is 455 g/mol. The summed E-state index contributed by atoms with van der Waals surface area (Å²) in [4.78, 5) is 15.8. The summed E-state index contributed by atoms with van der Waals surface area (Å²) in [5.74, 6) is -0.0137. The van der Waals surface area contributed by atoms with E-state index in [0.29, 0.717) is 24.2 Å². The van der Waals surface area contributed by atoms with Crippen LogP contribution in [-0.2, 0) is 11.3 Å². The Morgan fingerprint density at radius 2 is 1.76 bits per heavy atom. The number of hydrogen-bond donors (Lipinski definition) is 1. The predicted octanol–water partition coefficient (Wildman–Crippen LogP) is 3.47. The Labute approximate surface area is 198 Å². The molecule has 2 aromatic heterocycles. The third-order valence-corrected chi connectivity index (χ3v) is 7.26. The molecule has 0 spiro atoms. The Kier molecular flexibility index (Phi) is 5.43. The van der Waals surface area contributed by atoms with Crippen LogP contribution in [0.4, 0.5) is 0 Å². The molecule has 3 atom stereocenters. The minimum atomic E-state index is -0.0137. The summed E-state index contributed by atoms with van der Waals surface area (Å²) in [5.41, 5.74) is 3.84. The lowest BCUT2D eigenvalue weighted by Crippen LogP contribution is -2.59. The van der Waals surface area contributed by atoms with E-state index in [9.17, 15) is 4.79 Å². The molecule has 1 N–H and O–H groups in total. The van der Waals surface area contributed by atoms with Crippen molar-refractivity contribution in [2.75, 3.05) is 20.3 Å². The number of benzene rings is 2. The number of amides is 1. The fourth-order valence-corrected chi connectivity index (χ4v) is 5.38. The number of piperidine rings is 1. The van der Waals surface area contributed by atoms with Gasteiger partial charge >= 0.3 is 0 Å². The molecule has 6 rings (SSSR count). The van der Waals surface area contributed by atoms with Crippen LogP contribution in [0, 0.1) is 0 Å². The number of morpholine rings is 1. The van der Waals surface area contributed by atoms with Gasteiger partial charge in [0.25, 0.3) is 5.91 Å². The first-order valence-corrected chi connectivity index (χ1v) is 11.9. The quantitative estimate of drug-likeness (QED) is 0.501. The lowest BCUT2D eigenvalue weighted by molar-refractivity contribution is -0.0670. The van der Waals surface area contributed by atoms with Gasteiger partial charge in [0.15, 0.2) is 0 Å². The van der Waals surface area contributed by atoms with Gasteiger partial charge in [0.1, 0.15) is 0 Å². The van der Waals surface area contributed by atoms with Crippen molar-refractivity contribution in [1.82, 2.24) is 24.6 Å². The molecule has 0 aliphatic carbocycles. The molecule has 0 radical (unpaired) electrons. The van der Waals surface area contributed by atoms with Crippen LogP contribution >= 0.6 is 0 Å². The van der Waals surface area contributed by atoms with Gasteiger partial charge in [0.05, 0.1) is 42.7 Å². The summed E-state index contributed by atoms with van der Waals surface area (Å²) in [5, 5.41) is 8.84. The molecular weight excluding hydrogens is 426 g/mol. The molecule has 2 bridgehead atoms. The molecule has 174 valence electrons. The summed E-state index contributed by atoms with van der Waals surface area (Å²) >= 11 is 0. The number of nitrogens with zero attached hydrogens (tertiary/aromatic N) is 4. The van der Waals surface area contributed by atoms with Crippen molar-refractivity contribution in [3.05, 3.63) is 84.3 Å². The highest BCUT2D eigenvalue weighted by Gasteiger charge is 2.37. The maximum absolute atomic E-state index is 13.4. The third kappa shape index (κ3) is 3.91. The number of aromatic nitrogens is 3. The number of hydrogen-bond acceptors (Lipinski definition) is 4. The minimum absolute atomic E-state index is 0.0137. The molecule has 4 aromatic rings. The van der Waals surface area contributed by atoms with Crippen molar-refractivity contribution in [3.8, 4) is 5.69 Å². The number of nitrogens with one attached hydrogen (secondary N) is 1. The Balaban J connectivity index is 1.26. The summed E-state index contributed by atoms with van der Waals surface area (Å²) < 4.78 is 9.72. The van der Waals surface area contributed by atoms with Gasteiger partial charge in [-0.2, -0.15) is 5.10 Å². The van der Waals surface area contributed by atoms with E-state index in [-0.39, 0.29) is 11.9 Å². The average molecular weight is 456 g/mol. The van der Waals surface area contributed by atoms with Gasteiger partial charge in [-0.25, -0.2) is 0 Å². The topological polar surface area (TPSA) is 64.3 Å². The SMILES string of the molecule is CN1[C@@H]2COC[C@H]1CC(NC(=O)c1cn(-c3cnn(Cc4ccccc4)c3)c3ccccc13)C2. The fraction of sp³-hybridized carbons (Fsp3) is 0.333. The lowest BCUT2D eigenvalue weighted by Gasteiger charge is -2.46. The highest BCUT2D eigenvalue weighted by Crippen LogP contribution is 2.28. The molecule has 34 heavy (non-hydrogen) atoms. The van der Waals surface area contributed by atoms with E-state index in [1.54, 1.807) is 0 Å². The zero-order valence-electron chi connectivity index (χ0n) is 19.3. The molecule has 2 saturated heterocycles. The maximum atomic E-state index is 13.4. The lowest BCUT2D eigenvalue weighted by atomic mass is 9.90. The van der Waals surface area contributed by atoms with Gasteiger partial charge in [0.2, 0.25) is 0 Å². The van der Waals surface area contributed by atoms with E-state index in [1.165, 1.54) is 5.56 Å². The minimum Gasteiger partial charge on any atom is -0.378 e. The number of fused-ring (bicyclic) bond motifs is 3. The molecule has 4 heterocycles. The number of carbonyl (C=O) groups is 1. The van der Waals surface area contributed by atoms with Gasteiger partial charge in [-0.15, -0.1) is 0 Å². The molecule has 0 saturated carbocycles. The van der Waals surface area contributed by atoms with Crippen LogP contribution in [0.5, 0.6) is 0 Å². The highest BCUT2D eigenvalue weighted by molar-refractivity contribution is 6.07. The standard InChI is InChI=1S/C27H29N5O2/c1-30-21-11-20(12-22(30)18-34-17-21)29-27(33)25-16-32(26-10-6-5-9-24(25)26)23-13-28-31(15-23)14-19-7-3-2-4-8-19/h2-10,13,15-16,20-22H,11-12,14,17-18H2,1H3,(H,29,33)/t20?,21-,22+. The molecule has 2 fully saturated rings. The number of ether oxygens (including phenoxy) is 1. The molecule has 7 heteroatoms. The Morgan fingerprint density at radius 3 is 2.56 bits per heavy atom. The summed E-state index contributed by atoms with van der Waals surface area (Å²) in [6, 6.07) is 19.3. The van der Waals surface area contributed by atoms with Crippen molar-refractivity contribution in [2.45, 2.75) is 37.5 Å². The van der Waals surface area contributed by atoms with E-state index in [0.717, 1.165) is 42.6 Å². The zero-order valence-corrected chi connectivity index (χ0v) is 19.3. The normalized spacial score (nSPS) is 22.7. The van der Waals surface area contributed by atoms with Gasteiger partial charge in [0, 0.05) is 35.9 Å². The van der Waals surface area contributed by atoms with Crippen molar-refractivity contribution in [3.63, 3.8) is 0 Å². The van der Waals surface area contributed by atoms with Gasteiger partial charge < -0.3 is 14.6 Å². The third-order valence-electron chi connectivity index (χ3n) is 7.26. The number of rotatable bonds is 5. The van der Waals surface area contributed by atoms with E-state index in [2.05, 4.69) is 45.1 Å². The predicted molar refractivity (Wildman–Crippen MR) is 131 cm³/mol. The summed E-state index contributed by atoms with van der Waals surface area (Å²) in [6.45, 7) is 2.19. The zero-order chi connectivity index (χ0) is 23.1. The summed E-state index contributed by atoms with van der Waals surface area (Å²) in [7, 11) is 2.17. The van der Waals surface area contributed by atoms with Gasteiger partial charge in [-0.1, -0.05) is 48.5 Å². The molecule has 2 aliphatic heterocycles. The van der Waals surface area contributed by atoms with E-state index < -0.39 is 0 Å². The van der Waals surface area contributed by atoms with Crippen molar-refractivity contribution >= 4 is 16.8 Å². The Hall–Kier alpha value is -3.42. The van der Waals surface area contributed by atoms with Crippen LogP contribution in [0.3, 0.4) is 0 Å². The first kappa shape index (κ1) is 21.1. The highest BCUT2D eigenvalue weighted by atomic mass is 16.5. The molecular formula is C27H29N5O2. The van der Waals surface area contributed by atoms with Crippen LogP contribution in [0.1, 0.15) is 28.8 Å².